The Hall–Kier alpha value is -0.650. The van der Waals surface area contributed by atoms with E-state index < -0.39 is 6.10 Å². The fourth-order valence-electron chi connectivity index (χ4n) is 2.66. The first-order valence-electron chi connectivity index (χ1n) is 7.38. The number of aliphatic hydroxyl groups excluding tert-OH is 2. The Morgan fingerprint density at radius 1 is 1.53 bits per heavy atom. The predicted molar refractivity (Wildman–Crippen MR) is 74.8 cm³/mol. The number of carbonyl (C=O) groups excluding carboxylic acids is 1. The summed E-state index contributed by atoms with van der Waals surface area (Å²) in [6.45, 7) is 5.96. The number of aliphatic hydroxyl groups is 2. The lowest BCUT2D eigenvalue weighted by Crippen LogP contribution is -2.47. The number of nitrogens with one attached hydrogen (secondary N) is 1. The highest BCUT2D eigenvalue weighted by molar-refractivity contribution is 5.79. The van der Waals surface area contributed by atoms with Crippen LogP contribution >= 0.6 is 0 Å². The number of rotatable bonds is 7. The molecule has 1 heterocycles. The molecule has 1 rings (SSSR count). The van der Waals surface area contributed by atoms with Crippen LogP contribution in [0.1, 0.15) is 39.5 Å². The van der Waals surface area contributed by atoms with Crippen LogP contribution in [0.2, 0.25) is 0 Å². The molecule has 5 heteroatoms. The molecule has 0 aromatic carbocycles. The molecular weight excluding hydrogens is 244 g/mol. The number of likely N-dealkylation sites (tertiary alicyclic amines) is 1. The summed E-state index contributed by atoms with van der Waals surface area (Å²) >= 11 is 0. The van der Waals surface area contributed by atoms with E-state index in [4.69, 9.17) is 5.11 Å². The maximum atomic E-state index is 12.1. The van der Waals surface area contributed by atoms with E-state index in [0.717, 1.165) is 32.2 Å². The van der Waals surface area contributed by atoms with Crippen molar-refractivity contribution in [2.24, 2.45) is 5.92 Å². The van der Waals surface area contributed by atoms with Gasteiger partial charge in [0.15, 0.2) is 0 Å². The van der Waals surface area contributed by atoms with Crippen molar-refractivity contribution in [3.05, 3.63) is 0 Å². The number of β-amino-alcohol motifs (C(OH)–C–C–N with tert-alkyl or cyclic N) is 1. The lowest BCUT2D eigenvalue weighted by atomic mass is 9.96. The summed E-state index contributed by atoms with van der Waals surface area (Å²) in [6, 6.07) is 0.232. The van der Waals surface area contributed by atoms with Crippen molar-refractivity contribution in [3.8, 4) is 0 Å². The van der Waals surface area contributed by atoms with Crippen molar-refractivity contribution in [3.63, 3.8) is 0 Å². The molecule has 0 aliphatic carbocycles. The third-order valence-corrected chi connectivity index (χ3v) is 3.67. The third kappa shape index (κ3) is 5.89. The average Bonchev–Trinajstić information content (AvgIpc) is 2.39. The van der Waals surface area contributed by atoms with Gasteiger partial charge in [0.25, 0.3) is 0 Å². The standard InChI is InChI=1S/C14H28N2O3/c1-3-5-11(2)15-14(19)12-6-4-7-16(8-12)9-13(18)10-17/h11-13,17-18H,3-10H2,1-2H3,(H,15,19)/t11?,12?,13-/m0/s1. The highest BCUT2D eigenvalue weighted by atomic mass is 16.3. The molecule has 3 atom stereocenters. The van der Waals surface area contributed by atoms with Gasteiger partial charge in [-0.25, -0.2) is 0 Å². The molecule has 112 valence electrons. The Labute approximate surface area is 116 Å². The van der Waals surface area contributed by atoms with E-state index in [-0.39, 0.29) is 24.5 Å². The molecule has 0 aromatic rings. The molecule has 19 heavy (non-hydrogen) atoms. The molecule has 0 saturated carbocycles. The lowest BCUT2D eigenvalue weighted by molar-refractivity contribution is -0.127. The van der Waals surface area contributed by atoms with Crippen molar-refractivity contribution in [2.45, 2.75) is 51.7 Å². The van der Waals surface area contributed by atoms with Crippen molar-refractivity contribution < 1.29 is 15.0 Å². The molecule has 0 bridgehead atoms. The second-order valence-electron chi connectivity index (χ2n) is 5.63. The molecule has 1 aliphatic rings. The topological polar surface area (TPSA) is 72.8 Å². The Morgan fingerprint density at radius 2 is 2.26 bits per heavy atom. The smallest absolute Gasteiger partial charge is 0.224 e. The second kappa shape index (κ2) is 8.51. The van der Waals surface area contributed by atoms with Gasteiger partial charge in [0, 0.05) is 19.1 Å². The van der Waals surface area contributed by atoms with Crippen LogP contribution in [0.3, 0.4) is 0 Å². The van der Waals surface area contributed by atoms with Gasteiger partial charge in [-0.15, -0.1) is 0 Å². The van der Waals surface area contributed by atoms with Gasteiger partial charge in [-0.05, 0) is 32.7 Å². The molecule has 0 radical (unpaired) electrons. The maximum absolute atomic E-state index is 12.1. The van der Waals surface area contributed by atoms with Crippen LogP contribution in [0, 0.1) is 5.92 Å². The first-order chi connectivity index (χ1) is 9.06. The van der Waals surface area contributed by atoms with Crippen LogP contribution in [0.15, 0.2) is 0 Å². The largest absolute Gasteiger partial charge is 0.394 e. The molecule has 0 spiro atoms. The number of hydrogen-bond donors (Lipinski definition) is 3. The highest BCUT2D eigenvalue weighted by Gasteiger charge is 2.27. The van der Waals surface area contributed by atoms with Crippen molar-refractivity contribution in [2.75, 3.05) is 26.2 Å². The fraction of sp³-hybridized carbons (Fsp3) is 0.929. The summed E-state index contributed by atoms with van der Waals surface area (Å²) in [5, 5.41) is 21.4. The summed E-state index contributed by atoms with van der Waals surface area (Å²) in [5.74, 6) is 0.142. The van der Waals surface area contributed by atoms with Crippen molar-refractivity contribution in [1.29, 1.82) is 0 Å². The minimum Gasteiger partial charge on any atom is -0.394 e. The fourth-order valence-corrected chi connectivity index (χ4v) is 2.66. The molecule has 5 nitrogen and oxygen atoms in total. The number of amides is 1. The molecular formula is C14H28N2O3. The quantitative estimate of drug-likeness (QED) is 0.625. The van der Waals surface area contributed by atoms with Gasteiger partial charge in [-0.2, -0.15) is 0 Å². The zero-order chi connectivity index (χ0) is 14.3. The first-order valence-corrected chi connectivity index (χ1v) is 7.38. The summed E-state index contributed by atoms with van der Waals surface area (Å²) < 4.78 is 0. The van der Waals surface area contributed by atoms with E-state index >= 15 is 0 Å². The van der Waals surface area contributed by atoms with Gasteiger partial charge in [-0.3, -0.25) is 9.69 Å². The molecule has 1 saturated heterocycles. The van der Waals surface area contributed by atoms with Crippen molar-refractivity contribution in [1.82, 2.24) is 10.2 Å². The predicted octanol–water partition coefficient (Wildman–Crippen LogP) is 0.356. The van der Waals surface area contributed by atoms with E-state index in [0.29, 0.717) is 13.1 Å². The van der Waals surface area contributed by atoms with Crippen molar-refractivity contribution >= 4 is 5.91 Å². The molecule has 3 N–H and O–H groups in total. The van der Waals surface area contributed by atoms with E-state index in [1.807, 2.05) is 6.92 Å². The second-order valence-corrected chi connectivity index (χ2v) is 5.63. The van der Waals surface area contributed by atoms with Gasteiger partial charge >= 0.3 is 0 Å². The Kier molecular flexibility index (Phi) is 7.34. The molecule has 1 fully saturated rings. The molecule has 1 aliphatic heterocycles. The molecule has 0 aromatic heterocycles. The maximum Gasteiger partial charge on any atom is 0.224 e. The van der Waals surface area contributed by atoms with Gasteiger partial charge in [0.1, 0.15) is 0 Å². The van der Waals surface area contributed by atoms with Crippen LogP contribution in [0.5, 0.6) is 0 Å². The Balaban J connectivity index is 2.38. The van der Waals surface area contributed by atoms with Gasteiger partial charge in [0.05, 0.1) is 18.6 Å². The summed E-state index contributed by atoms with van der Waals surface area (Å²) in [4.78, 5) is 14.2. The van der Waals surface area contributed by atoms with E-state index in [2.05, 4.69) is 17.1 Å². The van der Waals surface area contributed by atoms with Gasteiger partial charge < -0.3 is 15.5 Å². The van der Waals surface area contributed by atoms with E-state index in [9.17, 15) is 9.90 Å². The van der Waals surface area contributed by atoms with Gasteiger partial charge in [-0.1, -0.05) is 13.3 Å². The zero-order valence-corrected chi connectivity index (χ0v) is 12.1. The zero-order valence-electron chi connectivity index (χ0n) is 12.1. The highest BCUT2D eigenvalue weighted by Crippen LogP contribution is 2.17. The van der Waals surface area contributed by atoms with Crippen LogP contribution in [-0.2, 0) is 4.79 Å². The Morgan fingerprint density at radius 3 is 2.89 bits per heavy atom. The van der Waals surface area contributed by atoms with E-state index in [1.54, 1.807) is 0 Å². The van der Waals surface area contributed by atoms with Crippen LogP contribution in [0.25, 0.3) is 0 Å². The first kappa shape index (κ1) is 16.4. The molecule has 2 unspecified atom stereocenters. The number of nitrogens with zero attached hydrogens (tertiary/aromatic N) is 1. The SMILES string of the molecule is CCCC(C)NC(=O)C1CCCN(C[C@H](O)CO)C1. The third-order valence-electron chi connectivity index (χ3n) is 3.67. The van der Waals surface area contributed by atoms with Crippen LogP contribution in [0.4, 0.5) is 0 Å². The number of carbonyl (C=O) groups is 1. The monoisotopic (exact) mass is 272 g/mol. The normalized spacial score (nSPS) is 23.9. The lowest BCUT2D eigenvalue weighted by Gasteiger charge is -2.33. The van der Waals surface area contributed by atoms with Gasteiger partial charge in [0.2, 0.25) is 5.91 Å². The summed E-state index contributed by atoms with van der Waals surface area (Å²) in [5.41, 5.74) is 0. The van der Waals surface area contributed by atoms with Crippen LogP contribution in [-0.4, -0.2) is 59.4 Å². The number of piperidine rings is 1. The summed E-state index contributed by atoms with van der Waals surface area (Å²) in [7, 11) is 0. The van der Waals surface area contributed by atoms with E-state index in [1.165, 1.54) is 0 Å². The average molecular weight is 272 g/mol. The minimum atomic E-state index is -0.708. The van der Waals surface area contributed by atoms with Crippen LogP contribution < -0.4 is 5.32 Å². The number of hydrogen-bond acceptors (Lipinski definition) is 4. The minimum absolute atomic E-state index is 0.0129. The summed E-state index contributed by atoms with van der Waals surface area (Å²) in [6.07, 6.45) is 3.25. The molecule has 1 amide bonds. The Bertz CT molecular complexity index is 273.